The maximum atomic E-state index is 12.8. The van der Waals surface area contributed by atoms with Crippen LogP contribution in [0.3, 0.4) is 0 Å². The Morgan fingerprint density at radius 3 is 2.96 bits per heavy atom. The molecule has 128 valence electrons. The van der Waals surface area contributed by atoms with E-state index in [-0.39, 0.29) is 12.1 Å². The smallest absolute Gasteiger partial charge is 0.333 e. The van der Waals surface area contributed by atoms with Gasteiger partial charge >= 0.3 is 12.6 Å². The Morgan fingerprint density at radius 1 is 1.38 bits per heavy atom. The molecule has 1 aliphatic heterocycles. The first-order valence-corrected chi connectivity index (χ1v) is 8.04. The van der Waals surface area contributed by atoms with Crippen molar-refractivity contribution in [2.75, 3.05) is 25.1 Å². The fraction of sp³-hybridized carbons (Fsp3) is 0.500. The average molecular weight is 336 g/mol. The number of halogens is 2. The molecule has 0 bridgehead atoms. The van der Waals surface area contributed by atoms with Crippen LogP contribution >= 0.6 is 0 Å². The summed E-state index contributed by atoms with van der Waals surface area (Å²) in [6.07, 6.45) is 3.64. The average Bonchev–Trinajstić information content (AvgIpc) is 3.34. The molecule has 1 aromatic carbocycles. The van der Waals surface area contributed by atoms with Crippen LogP contribution in [-0.4, -0.2) is 46.5 Å². The van der Waals surface area contributed by atoms with Crippen molar-refractivity contribution in [3.8, 4) is 0 Å². The number of nitrogens with one attached hydrogen (secondary N) is 1. The Morgan fingerprint density at radius 2 is 2.21 bits per heavy atom. The largest absolute Gasteiger partial charge is 0.377 e. The SMILES string of the molecule is O=C(Nc1ccc2c(cnn2C(F)F)c1)N1CCOCC1C1CC1. The van der Waals surface area contributed by atoms with Gasteiger partial charge < -0.3 is 15.0 Å². The van der Waals surface area contributed by atoms with Crippen LogP contribution in [-0.2, 0) is 4.74 Å². The third kappa shape index (κ3) is 2.82. The molecule has 0 spiro atoms. The van der Waals surface area contributed by atoms with Crippen molar-refractivity contribution in [2.45, 2.75) is 25.4 Å². The van der Waals surface area contributed by atoms with Crippen molar-refractivity contribution in [3.05, 3.63) is 24.4 Å². The van der Waals surface area contributed by atoms with Gasteiger partial charge in [-0.3, -0.25) is 0 Å². The molecule has 4 rings (SSSR count). The minimum Gasteiger partial charge on any atom is -0.377 e. The summed E-state index contributed by atoms with van der Waals surface area (Å²) < 4.78 is 31.8. The number of anilines is 1. The number of rotatable bonds is 3. The van der Waals surface area contributed by atoms with Crippen LogP contribution in [0, 0.1) is 5.92 Å². The highest BCUT2D eigenvalue weighted by Crippen LogP contribution is 2.36. The predicted octanol–water partition coefficient (Wildman–Crippen LogP) is 3.07. The topological polar surface area (TPSA) is 59.4 Å². The van der Waals surface area contributed by atoms with Gasteiger partial charge in [0, 0.05) is 17.6 Å². The molecule has 1 aromatic heterocycles. The van der Waals surface area contributed by atoms with Gasteiger partial charge in [-0.15, -0.1) is 0 Å². The summed E-state index contributed by atoms with van der Waals surface area (Å²) in [6, 6.07) is 4.78. The minimum atomic E-state index is -2.68. The quantitative estimate of drug-likeness (QED) is 0.937. The zero-order valence-corrected chi connectivity index (χ0v) is 13.0. The zero-order chi connectivity index (χ0) is 16.7. The first-order chi connectivity index (χ1) is 11.6. The third-order valence-electron chi connectivity index (χ3n) is 4.62. The van der Waals surface area contributed by atoms with Gasteiger partial charge in [-0.1, -0.05) is 0 Å². The van der Waals surface area contributed by atoms with Gasteiger partial charge in [0.25, 0.3) is 0 Å². The molecule has 1 atom stereocenters. The van der Waals surface area contributed by atoms with Gasteiger partial charge in [0.15, 0.2) is 0 Å². The second-order valence-electron chi connectivity index (χ2n) is 6.24. The summed E-state index contributed by atoms with van der Waals surface area (Å²) in [5.41, 5.74) is 0.910. The Balaban J connectivity index is 1.51. The molecule has 1 saturated heterocycles. The van der Waals surface area contributed by atoms with E-state index in [2.05, 4.69) is 10.4 Å². The number of amides is 2. The van der Waals surface area contributed by atoms with E-state index in [4.69, 9.17) is 4.74 Å². The lowest BCUT2D eigenvalue weighted by Gasteiger charge is -2.35. The maximum Gasteiger partial charge on any atom is 0.333 e. The second kappa shape index (κ2) is 6.01. The lowest BCUT2D eigenvalue weighted by Crippen LogP contribution is -2.51. The zero-order valence-electron chi connectivity index (χ0n) is 13.0. The summed E-state index contributed by atoms with van der Waals surface area (Å²) in [5, 5.41) is 7.10. The highest BCUT2D eigenvalue weighted by atomic mass is 19.3. The van der Waals surface area contributed by atoms with E-state index in [1.165, 1.54) is 6.20 Å². The van der Waals surface area contributed by atoms with E-state index in [9.17, 15) is 13.6 Å². The standard InChI is InChI=1S/C16H18F2N4O2/c17-15(18)22-13-4-3-12(7-11(13)8-19-22)20-16(23)21-5-6-24-9-14(21)10-1-2-10/h3-4,7-8,10,14-15H,1-2,5-6,9H2,(H,20,23). The highest BCUT2D eigenvalue weighted by Gasteiger charge is 2.39. The van der Waals surface area contributed by atoms with Gasteiger partial charge in [0.2, 0.25) is 0 Å². The molecule has 2 aromatic rings. The van der Waals surface area contributed by atoms with Crippen molar-refractivity contribution in [2.24, 2.45) is 5.92 Å². The fourth-order valence-electron chi connectivity index (χ4n) is 3.23. The summed E-state index contributed by atoms with van der Waals surface area (Å²) in [7, 11) is 0. The monoisotopic (exact) mass is 336 g/mol. The number of hydrogen-bond acceptors (Lipinski definition) is 3. The van der Waals surface area contributed by atoms with Crippen LogP contribution in [0.2, 0.25) is 0 Å². The van der Waals surface area contributed by atoms with E-state index in [1.807, 2.05) is 4.90 Å². The lowest BCUT2D eigenvalue weighted by atomic mass is 10.1. The van der Waals surface area contributed by atoms with Crippen LogP contribution in [0.5, 0.6) is 0 Å². The number of ether oxygens (including phenoxy) is 1. The first kappa shape index (κ1) is 15.3. The molecule has 1 N–H and O–H groups in total. The van der Waals surface area contributed by atoms with Crippen LogP contribution < -0.4 is 5.32 Å². The lowest BCUT2D eigenvalue weighted by molar-refractivity contribution is 0.00773. The summed E-state index contributed by atoms with van der Waals surface area (Å²) >= 11 is 0. The van der Waals surface area contributed by atoms with Gasteiger partial charge in [-0.05, 0) is 37.0 Å². The number of alkyl halides is 2. The van der Waals surface area contributed by atoms with E-state index in [0.29, 0.717) is 46.9 Å². The Labute approximate surface area is 137 Å². The summed E-state index contributed by atoms with van der Waals surface area (Å²) in [4.78, 5) is 14.4. The van der Waals surface area contributed by atoms with E-state index in [1.54, 1.807) is 18.2 Å². The molecule has 2 amide bonds. The van der Waals surface area contributed by atoms with Gasteiger partial charge in [0.05, 0.1) is 31.0 Å². The third-order valence-corrected chi connectivity index (χ3v) is 4.62. The molecule has 6 nitrogen and oxygen atoms in total. The molecule has 24 heavy (non-hydrogen) atoms. The molecule has 0 radical (unpaired) electrons. The number of carbonyl (C=O) groups is 1. The Hall–Kier alpha value is -2.22. The normalized spacial score (nSPS) is 21.5. The number of fused-ring (bicyclic) bond motifs is 1. The first-order valence-electron chi connectivity index (χ1n) is 8.04. The van der Waals surface area contributed by atoms with Crippen LogP contribution in [0.4, 0.5) is 19.3 Å². The van der Waals surface area contributed by atoms with E-state index < -0.39 is 6.55 Å². The molecule has 2 aliphatic rings. The van der Waals surface area contributed by atoms with Crippen molar-refractivity contribution >= 4 is 22.6 Å². The molecular formula is C16H18F2N4O2. The number of hydrogen-bond donors (Lipinski definition) is 1. The van der Waals surface area contributed by atoms with Gasteiger partial charge in [-0.2, -0.15) is 13.9 Å². The van der Waals surface area contributed by atoms with Crippen molar-refractivity contribution in [1.82, 2.24) is 14.7 Å². The van der Waals surface area contributed by atoms with Crippen LogP contribution in [0.1, 0.15) is 19.4 Å². The number of urea groups is 1. The maximum absolute atomic E-state index is 12.8. The number of morpholine rings is 1. The van der Waals surface area contributed by atoms with Gasteiger partial charge in [0.1, 0.15) is 0 Å². The highest BCUT2D eigenvalue weighted by molar-refractivity contribution is 5.93. The van der Waals surface area contributed by atoms with Crippen molar-refractivity contribution < 1.29 is 18.3 Å². The van der Waals surface area contributed by atoms with Gasteiger partial charge in [-0.25, -0.2) is 9.48 Å². The van der Waals surface area contributed by atoms with Crippen molar-refractivity contribution in [3.63, 3.8) is 0 Å². The Bertz CT molecular complexity index is 760. The van der Waals surface area contributed by atoms with E-state index in [0.717, 1.165) is 12.8 Å². The predicted molar refractivity (Wildman–Crippen MR) is 84.0 cm³/mol. The summed E-state index contributed by atoms with van der Waals surface area (Å²) in [5.74, 6) is 0.530. The van der Waals surface area contributed by atoms with E-state index >= 15 is 0 Å². The molecular weight excluding hydrogens is 318 g/mol. The number of nitrogens with zero attached hydrogens (tertiary/aromatic N) is 3. The number of aromatic nitrogens is 2. The van der Waals surface area contributed by atoms with Crippen LogP contribution in [0.25, 0.3) is 10.9 Å². The fourth-order valence-corrected chi connectivity index (χ4v) is 3.23. The number of carbonyl (C=O) groups excluding carboxylic acids is 1. The molecule has 1 saturated carbocycles. The molecule has 1 aliphatic carbocycles. The molecule has 1 unspecified atom stereocenters. The molecule has 2 fully saturated rings. The minimum absolute atomic E-state index is 0.129. The number of benzene rings is 1. The van der Waals surface area contributed by atoms with Crippen LogP contribution in [0.15, 0.2) is 24.4 Å². The Kier molecular flexibility index (Phi) is 3.84. The molecule has 2 heterocycles. The molecule has 8 heteroatoms. The second-order valence-corrected chi connectivity index (χ2v) is 6.24. The van der Waals surface area contributed by atoms with Crippen molar-refractivity contribution in [1.29, 1.82) is 0 Å². The summed E-state index contributed by atoms with van der Waals surface area (Å²) in [6.45, 7) is -0.996.